The lowest BCUT2D eigenvalue weighted by Crippen LogP contribution is -2.06. The zero-order chi connectivity index (χ0) is 17.1. The zero-order valence-electron chi connectivity index (χ0n) is 13.4. The van der Waals surface area contributed by atoms with Crippen molar-refractivity contribution in [1.82, 2.24) is 9.55 Å². The van der Waals surface area contributed by atoms with Crippen LogP contribution >= 0.6 is 0 Å². The standard InChI is InChI=1S/C19H18N2O3/c1-2-17(22)14-8-9-16-15(12-14)20-19(13-6-4-3-5-7-13)21(16)11-10-18(23)24/h3-9,12H,2,10-11H2,1H3,(H,23,24). The van der Waals surface area contributed by atoms with E-state index in [4.69, 9.17) is 5.11 Å². The number of Topliss-reactive ketones (excluding diaryl/α,β-unsaturated/α-hetero) is 1. The minimum atomic E-state index is -0.853. The molecule has 5 heteroatoms. The van der Waals surface area contributed by atoms with Crippen LogP contribution in [0.5, 0.6) is 0 Å². The topological polar surface area (TPSA) is 72.2 Å². The number of ketones is 1. The third kappa shape index (κ3) is 3.06. The number of carboxylic acid groups (broad SMARTS) is 1. The molecule has 5 nitrogen and oxygen atoms in total. The summed E-state index contributed by atoms with van der Waals surface area (Å²) in [7, 11) is 0. The summed E-state index contributed by atoms with van der Waals surface area (Å²) in [5.74, 6) is -0.0696. The highest BCUT2D eigenvalue weighted by Crippen LogP contribution is 2.26. The molecule has 1 heterocycles. The number of benzene rings is 2. The van der Waals surface area contributed by atoms with Crippen molar-refractivity contribution >= 4 is 22.8 Å². The molecule has 0 unspecified atom stereocenters. The van der Waals surface area contributed by atoms with Crippen molar-refractivity contribution in [2.75, 3.05) is 0 Å². The smallest absolute Gasteiger partial charge is 0.305 e. The quantitative estimate of drug-likeness (QED) is 0.701. The van der Waals surface area contributed by atoms with Crippen molar-refractivity contribution in [1.29, 1.82) is 0 Å². The van der Waals surface area contributed by atoms with Gasteiger partial charge in [-0.15, -0.1) is 0 Å². The first-order valence-electron chi connectivity index (χ1n) is 7.91. The highest BCUT2D eigenvalue weighted by Gasteiger charge is 2.15. The number of hydrogen-bond acceptors (Lipinski definition) is 3. The lowest BCUT2D eigenvalue weighted by Gasteiger charge is -2.08. The molecule has 0 atom stereocenters. The fourth-order valence-corrected chi connectivity index (χ4v) is 2.75. The van der Waals surface area contributed by atoms with Gasteiger partial charge in [-0.1, -0.05) is 37.3 Å². The average Bonchev–Trinajstić information content (AvgIpc) is 2.97. The number of hydrogen-bond donors (Lipinski definition) is 1. The molecule has 3 rings (SSSR count). The van der Waals surface area contributed by atoms with Gasteiger partial charge in [0.1, 0.15) is 5.82 Å². The summed E-state index contributed by atoms with van der Waals surface area (Å²) in [5.41, 5.74) is 3.09. The van der Waals surface area contributed by atoms with E-state index in [0.29, 0.717) is 29.9 Å². The van der Waals surface area contributed by atoms with Gasteiger partial charge in [0.15, 0.2) is 5.78 Å². The number of aryl methyl sites for hydroxylation is 1. The summed E-state index contributed by atoms with van der Waals surface area (Å²) in [4.78, 5) is 27.6. The molecule has 0 bridgehead atoms. The summed E-state index contributed by atoms with van der Waals surface area (Å²) in [6, 6.07) is 15.1. The SMILES string of the molecule is CCC(=O)c1ccc2c(c1)nc(-c1ccccc1)n2CCC(=O)O. The first-order chi connectivity index (χ1) is 11.6. The van der Waals surface area contributed by atoms with Crippen LogP contribution in [0.15, 0.2) is 48.5 Å². The third-order valence-electron chi connectivity index (χ3n) is 3.97. The summed E-state index contributed by atoms with van der Waals surface area (Å²) in [6.45, 7) is 2.16. The number of carbonyl (C=O) groups is 2. The van der Waals surface area contributed by atoms with Gasteiger partial charge in [0.2, 0.25) is 0 Å². The molecule has 3 aromatic rings. The molecule has 0 aliphatic heterocycles. The van der Waals surface area contributed by atoms with Crippen molar-refractivity contribution in [3.63, 3.8) is 0 Å². The largest absolute Gasteiger partial charge is 0.481 e. The van der Waals surface area contributed by atoms with Crippen molar-refractivity contribution in [3.05, 3.63) is 54.1 Å². The Balaban J connectivity index is 2.15. The van der Waals surface area contributed by atoms with E-state index in [1.54, 1.807) is 12.1 Å². The van der Waals surface area contributed by atoms with Crippen LogP contribution in [-0.2, 0) is 11.3 Å². The van der Waals surface area contributed by atoms with E-state index >= 15 is 0 Å². The molecular formula is C19H18N2O3. The maximum atomic E-state index is 11.9. The fourth-order valence-electron chi connectivity index (χ4n) is 2.75. The van der Waals surface area contributed by atoms with E-state index in [1.165, 1.54) is 0 Å². The Bertz CT molecular complexity index is 898. The van der Waals surface area contributed by atoms with Crippen LogP contribution in [0, 0.1) is 0 Å². The highest BCUT2D eigenvalue weighted by atomic mass is 16.4. The Morgan fingerprint density at radius 2 is 1.88 bits per heavy atom. The summed E-state index contributed by atoms with van der Waals surface area (Å²) in [5, 5.41) is 9.02. The Morgan fingerprint density at radius 1 is 1.12 bits per heavy atom. The first kappa shape index (κ1) is 15.9. The number of aromatic nitrogens is 2. The number of carbonyl (C=O) groups excluding carboxylic acids is 1. The molecule has 2 aromatic carbocycles. The molecule has 0 aliphatic carbocycles. The number of carboxylic acids is 1. The Morgan fingerprint density at radius 3 is 2.54 bits per heavy atom. The second kappa shape index (κ2) is 6.66. The van der Waals surface area contributed by atoms with Gasteiger partial charge < -0.3 is 9.67 Å². The van der Waals surface area contributed by atoms with Gasteiger partial charge in [0.25, 0.3) is 0 Å². The van der Waals surface area contributed by atoms with Crippen LogP contribution in [0.25, 0.3) is 22.4 Å². The van der Waals surface area contributed by atoms with Crippen LogP contribution in [0.4, 0.5) is 0 Å². The van der Waals surface area contributed by atoms with Crippen molar-refractivity contribution in [2.24, 2.45) is 0 Å². The van der Waals surface area contributed by atoms with Gasteiger partial charge in [-0.3, -0.25) is 9.59 Å². The van der Waals surface area contributed by atoms with Crippen LogP contribution < -0.4 is 0 Å². The van der Waals surface area contributed by atoms with Crippen LogP contribution in [0.2, 0.25) is 0 Å². The lowest BCUT2D eigenvalue weighted by atomic mass is 10.1. The molecule has 0 amide bonds. The summed E-state index contributed by atoms with van der Waals surface area (Å²) >= 11 is 0. The number of fused-ring (bicyclic) bond motifs is 1. The predicted octanol–water partition coefficient (Wildman–Crippen LogP) is 3.77. The molecule has 1 N–H and O–H groups in total. The molecule has 24 heavy (non-hydrogen) atoms. The lowest BCUT2D eigenvalue weighted by molar-refractivity contribution is -0.137. The molecular weight excluding hydrogens is 304 g/mol. The molecule has 0 aliphatic rings. The Kier molecular flexibility index (Phi) is 4.42. The minimum Gasteiger partial charge on any atom is -0.481 e. The number of rotatable bonds is 6. The molecule has 0 spiro atoms. The maximum absolute atomic E-state index is 11.9. The van der Waals surface area contributed by atoms with Gasteiger partial charge in [0.05, 0.1) is 17.5 Å². The van der Waals surface area contributed by atoms with Gasteiger partial charge in [-0.2, -0.15) is 0 Å². The van der Waals surface area contributed by atoms with E-state index < -0.39 is 5.97 Å². The zero-order valence-corrected chi connectivity index (χ0v) is 13.4. The van der Waals surface area contributed by atoms with E-state index in [0.717, 1.165) is 11.1 Å². The van der Waals surface area contributed by atoms with E-state index in [2.05, 4.69) is 4.98 Å². The van der Waals surface area contributed by atoms with Crippen LogP contribution in [0.1, 0.15) is 30.1 Å². The maximum Gasteiger partial charge on any atom is 0.305 e. The summed E-state index contributed by atoms with van der Waals surface area (Å²) < 4.78 is 1.90. The number of imidazole rings is 1. The van der Waals surface area contributed by atoms with Crippen molar-refractivity contribution in [3.8, 4) is 11.4 Å². The van der Waals surface area contributed by atoms with E-state index in [9.17, 15) is 9.59 Å². The van der Waals surface area contributed by atoms with Gasteiger partial charge in [0, 0.05) is 24.1 Å². The fraction of sp³-hybridized carbons (Fsp3) is 0.211. The first-order valence-corrected chi connectivity index (χ1v) is 7.91. The predicted molar refractivity (Wildman–Crippen MR) is 92.0 cm³/mol. The highest BCUT2D eigenvalue weighted by molar-refractivity contribution is 5.99. The van der Waals surface area contributed by atoms with Gasteiger partial charge in [-0.25, -0.2) is 4.98 Å². The van der Waals surface area contributed by atoms with Gasteiger partial charge >= 0.3 is 5.97 Å². The second-order valence-electron chi connectivity index (χ2n) is 5.58. The van der Waals surface area contributed by atoms with Crippen LogP contribution in [-0.4, -0.2) is 26.4 Å². The molecule has 0 radical (unpaired) electrons. The average molecular weight is 322 g/mol. The Hall–Kier alpha value is -2.95. The third-order valence-corrected chi connectivity index (χ3v) is 3.97. The number of aliphatic carboxylic acids is 1. The van der Waals surface area contributed by atoms with Crippen LogP contribution in [0.3, 0.4) is 0 Å². The molecule has 0 saturated heterocycles. The van der Waals surface area contributed by atoms with E-state index in [-0.39, 0.29) is 12.2 Å². The summed E-state index contributed by atoms with van der Waals surface area (Å²) in [6.07, 6.45) is 0.456. The van der Waals surface area contributed by atoms with Crippen molar-refractivity contribution < 1.29 is 14.7 Å². The molecule has 0 saturated carbocycles. The number of nitrogens with zero attached hydrogens (tertiary/aromatic N) is 2. The van der Waals surface area contributed by atoms with Gasteiger partial charge in [-0.05, 0) is 18.2 Å². The normalized spacial score (nSPS) is 10.9. The Labute approximate surface area is 139 Å². The molecule has 1 aromatic heterocycles. The minimum absolute atomic E-state index is 0.0148. The van der Waals surface area contributed by atoms with Crippen molar-refractivity contribution in [2.45, 2.75) is 26.3 Å². The van der Waals surface area contributed by atoms with E-state index in [1.807, 2.05) is 47.9 Å². The molecule has 0 fully saturated rings. The second-order valence-corrected chi connectivity index (χ2v) is 5.58. The monoisotopic (exact) mass is 322 g/mol. The molecule has 122 valence electrons.